The number of alkyl halides is 1. The predicted molar refractivity (Wildman–Crippen MR) is 84.5 cm³/mol. The summed E-state index contributed by atoms with van der Waals surface area (Å²) in [4.78, 5) is 0.115. The zero-order valence-electron chi connectivity index (χ0n) is 10.1. The van der Waals surface area contributed by atoms with Crippen LogP contribution in [0, 0.1) is 0 Å². The van der Waals surface area contributed by atoms with Gasteiger partial charge in [-0.2, -0.15) is 0 Å². The number of benzene rings is 1. The molecule has 1 N–H and O–H groups in total. The van der Waals surface area contributed by atoms with Crippen molar-refractivity contribution in [3.8, 4) is 0 Å². The van der Waals surface area contributed by atoms with E-state index in [0.29, 0.717) is 9.80 Å². The third-order valence-electron chi connectivity index (χ3n) is 3.35. The Balaban J connectivity index is 2.38. The predicted octanol–water partition coefficient (Wildman–Crippen LogP) is 4.09. The molecule has 0 spiro atoms. The first kappa shape index (κ1) is 15.8. The summed E-state index contributed by atoms with van der Waals surface area (Å²) < 4.78 is 28.4. The van der Waals surface area contributed by atoms with E-state index in [4.69, 9.17) is 11.6 Å². The Morgan fingerprint density at radius 3 is 2.47 bits per heavy atom. The summed E-state index contributed by atoms with van der Waals surface area (Å²) in [7, 11) is -3.63. The molecule has 1 saturated carbocycles. The van der Waals surface area contributed by atoms with Crippen LogP contribution in [0.2, 0.25) is 5.02 Å². The van der Waals surface area contributed by atoms with Gasteiger partial charge in [-0.15, -0.1) is 0 Å². The molecule has 1 fully saturated rings. The average Bonchev–Trinajstić information content (AvgIpc) is 2.77. The van der Waals surface area contributed by atoms with Gasteiger partial charge in [0.1, 0.15) is 4.90 Å². The fourth-order valence-corrected chi connectivity index (χ4v) is 6.47. The zero-order chi connectivity index (χ0) is 14.1. The van der Waals surface area contributed by atoms with Crippen molar-refractivity contribution in [3.05, 3.63) is 27.7 Å². The number of halogens is 3. The van der Waals surface area contributed by atoms with Crippen LogP contribution in [0.4, 0.5) is 0 Å². The first-order chi connectivity index (χ1) is 8.90. The van der Waals surface area contributed by atoms with Gasteiger partial charge in [-0.25, -0.2) is 13.1 Å². The maximum atomic E-state index is 12.5. The Morgan fingerprint density at radius 1 is 1.32 bits per heavy atom. The summed E-state index contributed by atoms with van der Waals surface area (Å²) >= 11 is 12.7. The van der Waals surface area contributed by atoms with Gasteiger partial charge in [0.25, 0.3) is 0 Å². The van der Waals surface area contributed by atoms with Gasteiger partial charge in [-0.05, 0) is 40.9 Å². The molecular weight excluding hydrogens is 417 g/mol. The van der Waals surface area contributed by atoms with E-state index in [9.17, 15) is 8.42 Å². The SMILES string of the molecule is O=S(=O)(NC1(CBr)CCCC1)c1c(Cl)cccc1Br. The molecule has 0 bridgehead atoms. The fourth-order valence-electron chi connectivity index (χ4n) is 2.39. The fraction of sp³-hybridized carbons (Fsp3) is 0.500. The van der Waals surface area contributed by atoms with E-state index in [0.717, 1.165) is 25.7 Å². The van der Waals surface area contributed by atoms with Gasteiger partial charge in [-0.1, -0.05) is 46.4 Å². The van der Waals surface area contributed by atoms with E-state index in [1.165, 1.54) is 0 Å². The van der Waals surface area contributed by atoms with Crippen molar-refractivity contribution in [3.63, 3.8) is 0 Å². The van der Waals surface area contributed by atoms with Crippen LogP contribution in [0.25, 0.3) is 0 Å². The summed E-state index contributed by atoms with van der Waals surface area (Å²) in [6, 6.07) is 4.97. The molecule has 0 aliphatic heterocycles. The van der Waals surface area contributed by atoms with Crippen molar-refractivity contribution in [1.29, 1.82) is 0 Å². The second-order valence-electron chi connectivity index (χ2n) is 4.78. The highest BCUT2D eigenvalue weighted by Gasteiger charge is 2.38. The molecule has 0 aromatic heterocycles. The molecular formula is C12H14Br2ClNO2S. The van der Waals surface area contributed by atoms with Crippen molar-refractivity contribution in [1.82, 2.24) is 4.72 Å². The van der Waals surface area contributed by atoms with Crippen LogP contribution in [-0.4, -0.2) is 19.3 Å². The van der Waals surface area contributed by atoms with Crippen molar-refractivity contribution < 1.29 is 8.42 Å². The molecule has 0 radical (unpaired) electrons. The summed E-state index contributed by atoms with van der Waals surface area (Å²) in [5, 5.41) is 0.839. The molecule has 1 aliphatic rings. The minimum Gasteiger partial charge on any atom is -0.207 e. The third-order valence-corrected chi connectivity index (χ3v) is 7.46. The van der Waals surface area contributed by atoms with Crippen LogP contribution in [0.5, 0.6) is 0 Å². The Kier molecular flexibility index (Phi) is 4.99. The zero-order valence-corrected chi connectivity index (χ0v) is 14.9. The maximum Gasteiger partial charge on any atom is 0.243 e. The Bertz CT molecular complexity index is 551. The molecule has 0 saturated heterocycles. The monoisotopic (exact) mass is 429 g/mol. The normalized spacial score (nSPS) is 18.7. The molecule has 0 atom stereocenters. The summed E-state index contributed by atoms with van der Waals surface area (Å²) in [6.07, 6.45) is 3.77. The minimum atomic E-state index is -3.63. The Labute approximate surface area is 135 Å². The number of hydrogen-bond acceptors (Lipinski definition) is 2. The molecule has 1 aromatic carbocycles. The molecule has 1 aliphatic carbocycles. The van der Waals surface area contributed by atoms with Crippen molar-refractivity contribution >= 4 is 53.5 Å². The van der Waals surface area contributed by atoms with Crippen molar-refractivity contribution in [2.75, 3.05) is 5.33 Å². The lowest BCUT2D eigenvalue weighted by Crippen LogP contribution is -2.47. The summed E-state index contributed by atoms with van der Waals surface area (Å²) in [6.45, 7) is 0. The van der Waals surface area contributed by atoms with Crippen LogP contribution >= 0.6 is 43.5 Å². The van der Waals surface area contributed by atoms with E-state index >= 15 is 0 Å². The molecule has 3 nitrogen and oxygen atoms in total. The summed E-state index contributed by atoms with van der Waals surface area (Å²) in [5.74, 6) is 0. The highest BCUT2D eigenvalue weighted by Crippen LogP contribution is 2.35. The minimum absolute atomic E-state index is 0.115. The largest absolute Gasteiger partial charge is 0.243 e. The molecule has 0 heterocycles. The van der Waals surface area contributed by atoms with Gasteiger partial charge < -0.3 is 0 Å². The lowest BCUT2D eigenvalue weighted by atomic mass is 10.0. The van der Waals surface area contributed by atoms with Gasteiger partial charge in [0.2, 0.25) is 10.0 Å². The van der Waals surface area contributed by atoms with E-state index in [1.807, 2.05) is 0 Å². The second-order valence-corrected chi connectivity index (χ2v) is 8.22. The number of nitrogens with one attached hydrogen (secondary N) is 1. The first-order valence-corrected chi connectivity index (χ1v) is 9.72. The van der Waals surface area contributed by atoms with Crippen molar-refractivity contribution in [2.24, 2.45) is 0 Å². The van der Waals surface area contributed by atoms with Crippen LogP contribution < -0.4 is 4.72 Å². The molecule has 106 valence electrons. The van der Waals surface area contributed by atoms with Gasteiger partial charge in [0.15, 0.2) is 0 Å². The molecule has 19 heavy (non-hydrogen) atoms. The lowest BCUT2D eigenvalue weighted by Gasteiger charge is -2.28. The van der Waals surface area contributed by atoms with Crippen LogP contribution in [0.1, 0.15) is 25.7 Å². The van der Waals surface area contributed by atoms with Crippen LogP contribution in [0.3, 0.4) is 0 Å². The van der Waals surface area contributed by atoms with Gasteiger partial charge in [0.05, 0.1) is 5.02 Å². The quantitative estimate of drug-likeness (QED) is 0.730. The topological polar surface area (TPSA) is 46.2 Å². The van der Waals surface area contributed by atoms with E-state index in [2.05, 4.69) is 36.6 Å². The smallest absolute Gasteiger partial charge is 0.207 e. The standard InChI is InChI=1S/C12H14Br2ClNO2S/c13-8-12(6-1-2-7-12)16-19(17,18)11-9(14)4-3-5-10(11)15/h3-5,16H,1-2,6-8H2. The van der Waals surface area contributed by atoms with Gasteiger partial charge in [0, 0.05) is 15.3 Å². The molecule has 1 aromatic rings. The highest BCUT2D eigenvalue weighted by molar-refractivity contribution is 9.10. The van der Waals surface area contributed by atoms with Crippen LogP contribution in [0.15, 0.2) is 27.6 Å². The van der Waals surface area contributed by atoms with Crippen molar-refractivity contribution in [2.45, 2.75) is 36.1 Å². The van der Waals surface area contributed by atoms with Gasteiger partial charge in [-0.3, -0.25) is 0 Å². The lowest BCUT2D eigenvalue weighted by molar-refractivity contribution is 0.438. The van der Waals surface area contributed by atoms with Gasteiger partial charge >= 0.3 is 0 Å². The molecule has 0 unspecified atom stereocenters. The van der Waals surface area contributed by atoms with E-state index < -0.39 is 15.6 Å². The maximum absolute atomic E-state index is 12.5. The average molecular weight is 432 g/mol. The number of rotatable bonds is 4. The molecule has 7 heteroatoms. The first-order valence-electron chi connectivity index (χ1n) is 5.94. The Hall–Kier alpha value is 0.380. The van der Waals surface area contributed by atoms with E-state index in [-0.39, 0.29) is 9.92 Å². The van der Waals surface area contributed by atoms with Crippen LogP contribution in [-0.2, 0) is 10.0 Å². The number of sulfonamides is 1. The summed E-state index contributed by atoms with van der Waals surface area (Å²) in [5.41, 5.74) is -0.391. The third kappa shape index (κ3) is 3.35. The molecule has 0 amide bonds. The number of hydrogen-bond donors (Lipinski definition) is 1. The second kappa shape index (κ2) is 6.02. The molecule has 2 rings (SSSR count). The Morgan fingerprint density at radius 2 is 1.95 bits per heavy atom. The highest BCUT2D eigenvalue weighted by atomic mass is 79.9. The van der Waals surface area contributed by atoms with E-state index in [1.54, 1.807) is 18.2 Å².